The van der Waals surface area contributed by atoms with Crippen molar-refractivity contribution in [3.63, 3.8) is 0 Å². The largest absolute Gasteiger partial charge is 0.300 e. The molecule has 0 aliphatic heterocycles. The van der Waals surface area contributed by atoms with Crippen LogP contribution in [0.1, 0.15) is 18.9 Å². The zero-order chi connectivity index (χ0) is 16.5. The van der Waals surface area contributed by atoms with E-state index in [0.29, 0.717) is 12.4 Å². The van der Waals surface area contributed by atoms with Gasteiger partial charge in [0.1, 0.15) is 5.78 Å². The quantitative estimate of drug-likeness (QED) is 0.570. The molecule has 0 bridgehead atoms. The minimum atomic E-state index is 0.200. The number of benzene rings is 2. The fraction of sp³-hybridized carbons (Fsp3) is 0.150. The van der Waals surface area contributed by atoms with E-state index in [4.69, 9.17) is 0 Å². The van der Waals surface area contributed by atoms with Crippen molar-refractivity contribution in [2.45, 2.75) is 19.8 Å². The van der Waals surface area contributed by atoms with Gasteiger partial charge in [-0.05, 0) is 31.0 Å². The maximum absolute atomic E-state index is 11.4. The van der Waals surface area contributed by atoms with E-state index in [2.05, 4.69) is 44.9 Å². The summed E-state index contributed by atoms with van der Waals surface area (Å²) in [5.41, 5.74) is 3.31. The number of nitrogens with zero attached hydrogens (tertiary/aromatic N) is 3. The Kier molecular flexibility index (Phi) is 3.58. The summed E-state index contributed by atoms with van der Waals surface area (Å²) in [6.45, 7) is 1.63. The number of Topliss-reactive ketones (excluding diaryl/α,β-unsaturated/α-hetero) is 1. The second-order valence-electron chi connectivity index (χ2n) is 5.92. The number of aryl methyl sites for hydroxylation is 1. The van der Waals surface area contributed by atoms with Crippen LogP contribution in [0, 0.1) is 0 Å². The highest BCUT2D eigenvalue weighted by Crippen LogP contribution is 2.33. The minimum Gasteiger partial charge on any atom is -0.300 e. The smallest absolute Gasteiger partial charge is 0.234 e. The number of hydrogen-bond donors (Lipinski definition) is 0. The van der Waals surface area contributed by atoms with Gasteiger partial charge in [-0.3, -0.25) is 4.57 Å². The number of rotatable bonds is 4. The molecule has 0 atom stereocenters. The van der Waals surface area contributed by atoms with Gasteiger partial charge >= 0.3 is 0 Å². The number of carbonyl (C=O) groups is 1. The Balaban J connectivity index is 2.08. The van der Waals surface area contributed by atoms with E-state index in [9.17, 15) is 4.79 Å². The number of fused-ring (bicyclic) bond motifs is 3. The predicted molar refractivity (Wildman–Crippen MR) is 95.4 cm³/mol. The molecule has 2 aromatic heterocycles. The molecule has 2 aromatic carbocycles. The molecular weight excluding hydrogens is 298 g/mol. The van der Waals surface area contributed by atoms with E-state index in [1.54, 1.807) is 19.3 Å². The second kappa shape index (κ2) is 5.89. The summed E-state index contributed by atoms with van der Waals surface area (Å²) in [6.07, 6.45) is 4.76. The Labute approximate surface area is 139 Å². The minimum absolute atomic E-state index is 0.200. The summed E-state index contributed by atoms with van der Waals surface area (Å²) in [6, 6.07) is 16.3. The first-order valence-electron chi connectivity index (χ1n) is 8.03. The molecule has 0 aliphatic carbocycles. The van der Waals surface area contributed by atoms with E-state index in [1.165, 1.54) is 10.8 Å². The lowest BCUT2D eigenvalue weighted by molar-refractivity contribution is -0.116. The molecule has 4 rings (SSSR count). The zero-order valence-corrected chi connectivity index (χ0v) is 13.4. The van der Waals surface area contributed by atoms with E-state index in [1.807, 2.05) is 18.2 Å². The number of para-hydroxylation sites is 2. The fourth-order valence-corrected chi connectivity index (χ4v) is 3.22. The summed E-state index contributed by atoms with van der Waals surface area (Å²) in [5.74, 6) is 0.851. The van der Waals surface area contributed by atoms with Crippen LogP contribution in [0.25, 0.3) is 27.8 Å². The van der Waals surface area contributed by atoms with Crippen molar-refractivity contribution in [2.75, 3.05) is 0 Å². The molecule has 0 amide bonds. The number of aromatic nitrogens is 3. The molecule has 4 heteroatoms. The lowest BCUT2D eigenvalue weighted by Crippen LogP contribution is -2.02. The first-order chi connectivity index (χ1) is 11.8. The molecule has 0 radical (unpaired) electrons. The van der Waals surface area contributed by atoms with Gasteiger partial charge in [0.2, 0.25) is 5.95 Å². The van der Waals surface area contributed by atoms with Crippen LogP contribution < -0.4 is 0 Å². The molecule has 4 nitrogen and oxygen atoms in total. The van der Waals surface area contributed by atoms with Gasteiger partial charge in [0, 0.05) is 29.6 Å². The van der Waals surface area contributed by atoms with Crippen molar-refractivity contribution in [3.8, 4) is 5.95 Å². The lowest BCUT2D eigenvalue weighted by atomic mass is 10.0. The molecule has 0 unspecified atom stereocenters. The third-order valence-corrected chi connectivity index (χ3v) is 4.28. The van der Waals surface area contributed by atoms with Gasteiger partial charge in [-0.2, -0.15) is 0 Å². The summed E-state index contributed by atoms with van der Waals surface area (Å²) in [5, 5.41) is 2.34. The first-order valence-corrected chi connectivity index (χ1v) is 8.03. The SMILES string of the molecule is CC(=O)CCc1cccc2c3ccccc3n(-c3ncccn3)c12. The van der Waals surface area contributed by atoms with E-state index < -0.39 is 0 Å². The van der Waals surface area contributed by atoms with Gasteiger partial charge in [0.15, 0.2) is 0 Å². The van der Waals surface area contributed by atoms with Crippen LogP contribution in [0.4, 0.5) is 0 Å². The molecule has 0 saturated heterocycles. The lowest BCUT2D eigenvalue weighted by Gasteiger charge is -2.09. The summed E-state index contributed by atoms with van der Waals surface area (Å²) in [7, 11) is 0. The van der Waals surface area contributed by atoms with Crippen LogP contribution in [0.5, 0.6) is 0 Å². The Hall–Kier alpha value is -3.01. The number of hydrogen-bond acceptors (Lipinski definition) is 3. The van der Waals surface area contributed by atoms with Crippen molar-refractivity contribution in [3.05, 3.63) is 66.5 Å². The third kappa shape index (κ3) is 2.36. The van der Waals surface area contributed by atoms with E-state index in [0.717, 1.165) is 23.0 Å². The van der Waals surface area contributed by atoms with Gasteiger partial charge in [0.05, 0.1) is 11.0 Å². The van der Waals surface area contributed by atoms with Crippen molar-refractivity contribution < 1.29 is 4.79 Å². The van der Waals surface area contributed by atoms with Crippen molar-refractivity contribution in [1.29, 1.82) is 0 Å². The standard InChI is InChI=1S/C20H17N3O/c1-14(24)10-11-15-6-4-8-17-16-7-2-3-9-18(16)23(19(15)17)20-21-12-5-13-22-20/h2-9,12-13H,10-11H2,1H3. The normalized spacial score (nSPS) is 11.2. The Morgan fingerprint density at radius 3 is 2.50 bits per heavy atom. The molecule has 2 heterocycles. The van der Waals surface area contributed by atoms with Crippen LogP contribution in [0.2, 0.25) is 0 Å². The zero-order valence-electron chi connectivity index (χ0n) is 13.4. The Morgan fingerprint density at radius 2 is 1.71 bits per heavy atom. The Morgan fingerprint density at radius 1 is 0.958 bits per heavy atom. The highest BCUT2D eigenvalue weighted by molar-refractivity contribution is 6.10. The van der Waals surface area contributed by atoms with Crippen LogP contribution in [0.15, 0.2) is 60.9 Å². The fourth-order valence-electron chi connectivity index (χ4n) is 3.22. The van der Waals surface area contributed by atoms with Crippen molar-refractivity contribution >= 4 is 27.6 Å². The van der Waals surface area contributed by atoms with Gasteiger partial charge in [-0.1, -0.05) is 36.4 Å². The average molecular weight is 315 g/mol. The van der Waals surface area contributed by atoms with Gasteiger partial charge in [-0.25, -0.2) is 9.97 Å². The highest BCUT2D eigenvalue weighted by atomic mass is 16.1. The van der Waals surface area contributed by atoms with E-state index >= 15 is 0 Å². The topological polar surface area (TPSA) is 47.8 Å². The summed E-state index contributed by atoms with van der Waals surface area (Å²) < 4.78 is 2.10. The Bertz CT molecular complexity index is 1030. The van der Waals surface area contributed by atoms with Crippen LogP contribution >= 0.6 is 0 Å². The number of carbonyl (C=O) groups excluding carboxylic acids is 1. The molecule has 0 N–H and O–H groups in total. The third-order valence-electron chi connectivity index (χ3n) is 4.28. The molecule has 4 aromatic rings. The monoisotopic (exact) mass is 315 g/mol. The predicted octanol–water partition coefficient (Wildman–Crippen LogP) is 4.10. The number of ketones is 1. The molecule has 0 spiro atoms. The van der Waals surface area contributed by atoms with Gasteiger partial charge in [0.25, 0.3) is 0 Å². The van der Waals surface area contributed by atoms with Crippen molar-refractivity contribution in [1.82, 2.24) is 14.5 Å². The highest BCUT2D eigenvalue weighted by Gasteiger charge is 2.16. The average Bonchev–Trinajstić information content (AvgIpc) is 2.96. The first kappa shape index (κ1) is 14.6. The second-order valence-corrected chi connectivity index (χ2v) is 5.92. The van der Waals surface area contributed by atoms with Crippen molar-refractivity contribution in [2.24, 2.45) is 0 Å². The molecule has 0 fully saturated rings. The molecular formula is C20H17N3O. The molecule has 0 aliphatic rings. The van der Waals surface area contributed by atoms with Crippen LogP contribution in [0.3, 0.4) is 0 Å². The molecule has 118 valence electrons. The summed E-state index contributed by atoms with van der Waals surface area (Å²) >= 11 is 0. The maximum Gasteiger partial charge on any atom is 0.234 e. The van der Waals surface area contributed by atoms with Crippen LogP contribution in [-0.2, 0) is 11.2 Å². The van der Waals surface area contributed by atoms with Gasteiger partial charge < -0.3 is 4.79 Å². The van der Waals surface area contributed by atoms with E-state index in [-0.39, 0.29) is 5.78 Å². The van der Waals surface area contributed by atoms with Gasteiger partial charge in [-0.15, -0.1) is 0 Å². The molecule has 24 heavy (non-hydrogen) atoms. The maximum atomic E-state index is 11.4. The molecule has 0 saturated carbocycles. The van der Waals surface area contributed by atoms with Crippen LogP contribution in [-0.4, -0.2) is 20.3 Å². The summed E-state index contributed by atoms with van der Waals surface area (Å²) in [4.78, 5) is 20.3.